The van der Waals surface area contributed by atoms with Gasteiger partial charge in [-0.15, -0.1) is 11.3 Å². The van der Waals surface area contributed by atoms with Crippen LogP contribution in [0.3, 0.4) is 0 Å². The Morgan fingerprint density at radius 2 is 1.74 bits per heavy atom. The van der Waals surface area contributed by atoms with Crippen LogP contribution in [-0.2, 0) is 10.2 Å². The SMILES string of the molecule is CC(C)(C)c1ccc(N2c3ccc(-c4ccc(-c5ccc(/C=C(/C#N)C(=O)O)s5)c5nsnc45)cc3C3CCCC32)cc1. The summed E-state index contributed by atoms with van der Waals surface area (Å²) in [4.78, 5) is 15.5. The molecule has 1 aliphatic carbocycles. The molecule has 0 bridgehead atoms. The van der Waals surface area contributed by atoms with Crippen molar-refractivity contribution < 1.29 is 9.90 Å². The van der Waals surface area contributed by atoms with Crippen LogP contribution in [0, 0.1) is 11.3 Å². The molecule has 1 N–H and O–H groups in total. The van der Waals surface area contributed by atoms with Crippen molar-refractivity contribution in [1.29, 1.82) is 5.26 Å². The Kier molecular flexibility index (Phi) is 6.68. The molecule has 43 heavy (non-hydrogen) atoms. The average Bonchev–Trinajstić information content (AvgIpc) is 3.79. The van der Waals surface area contributed by atoms with Gasteiger partial charge in [0, 0.05) is 44.2 Å². The topological polar surface area (TPSA) is 90.1 Å². The Morgan fingerprint density at radius 1 is 1.00 bits per heavy atom. The lowest BCUT2D eigenvalue weighted by Gasteiger charge is -2.28. The minimum absolute atomic E-state index is 0.127. The number of hydrogen-bond acceptors (Lipinski definition) is 7. The van der Waals surface area contributed by atoms with Gasteiger partial charge in [0.25, 0.3) is 0 Å². The first-order chi connectivity index (χ1) is 20.7. The molecule has 3 heterocycles. The van der Waals surface area contributed by atoms with E-state index in [9.17, 15) is 9.90 Å². The first-order valence-corrected chi connectivity index (χ1v) is 16.0. The summed E-state index contributed by atoms with van der Waals surface area (Å²) < 4.78 is 9.38. The summed E-state index contributed by atoms with van der Waals surface area (Å²) in [7, 11) is 0. The van der Waals surface area contributed by atoms with Crippen molar-refractivity contribution in [2.75, 3.05) is 4.90 Å². The third-order valence-corrected chi connectivity index (χ3v) is 10.4. The van der Waals surface area contributed by atoms with Gasteiger partial charge in [-0.05, 0) is 77.4 Å². The predicted molar refractivity (Wildman–Crippen MR) is 175 cm³/mol. The Morgan fingerprint density at radius 3 is 2.47 bits per heavy atom. The second kappa shape index (κ2) is 10.4. The number of hydrogen-bond donors (Lipinski definition) is 1. The molecule has 1 fully saturated rings. The molecule has 0 amide bonds. The maximum atomic E-state index is 11.3. The maximum absolute atomic E-state index is 11.3. The minimum Gasteiger partial charge on any atom is -0.477 e. The Bertz CT molecular complexity index is 1960. The van der Waals surface area contributed by atoms with Gasteiger partial charge in [-0.3, -0.25) is 0 Å². The van der Waals surface area contributed by atoms with Gasteiger partial charge in [0.15, 0.2) is 0 Å². The van der Waals surface area contributed by atoms with Crippen molar-refractivity contribution in [2.24, 2.45) is 0 Å². The molecule has 2 atom stereocenters. The van der Waals surface area contributed by atoms with E-state index in [1.54, 1.807) is 6.07 Å². The van der Waals surface area contributed by atoms with Gasteiger partial charge in [0.1, 0.15) is 22.7 Å². The first kappa shape index (κ1) is 27.5. The predicted octanol–water partition coefficient (Wildman–Crippen LogP) is 9.16. The zero-order chi connectivity index (χ0) is 29.9. The van der Waals surface area contributed by atoms with Crippen molar-refractivity contribution in [3.05, 3.63) is 88.3 Å². The van der Waals surface area contributed by atoms with Gasteiger partial charge >= 0.3 is 5.97 Å². The summed E-state index contributed by atoms with van der Waals surface area (Å²) in [6.07, 6.45) is 5.05. The molecule has 6 nitrogen and oxygen atoms in total. The van der Waals surface area contributed by atoms with Crippen LogP contribution in [-0.4, -0.2) is 25.9 Å². The molecular weight excluding hydrogens is 573 g/mol. The standard InChI is InChI=1S/C35H30N4O2S2/c1-35(2,3)22-8-10-23(11-9-22)39-29-6-4-5-26(29)28-18-20(7-15-30(28)39)25-13-14-27(33-32(25)37-43-38-33)31-16-12-24(42-31)17-21(19-36)34(40)41/h7-18,26,29H,4-6H2,1-3H3,(H,40,41)/b21-17-. The summed E-state index contributed by atoms with van der Waals surface area (Å²) in [5.41, 5.74) is 10.0. The fourth-order valence-corrected chi connectivity index (χ4v) is 8.19. The number of rotatable bonds is 5. The molecule has 3 aromatic carbocycles. The number of carboxylic acid groups (broad SMARTS) is 1. The molecule has 1 saturated carbocycles. The average molecular weight is 603 g/mol. The van der Waals surface area contributed by atoms with E-state index in [4.69, 9.17) is 9.64 Å². The summed E-state index contributed by atoms with van der Waals surface area (Å²) >= 11 is 2.63. The van der Waals surface area contributed by atoms with E-state index in [1.807, 2.05) is 12.1 Å². The summed E-state index contributed by atoms with van der Waals surface area (Å²) in [6, 6.07) is 26.2. The molecule has 2 unspecified atom stereocenters. The lowest BCUT2D eigenvalue weighted by molar-refractivity contribution is -0.132. The fraction of sp³-hybridized carbons (Fsp3) is 0.257. The molecule has 7 rings (SSSR count). The van der Waals surface area contributed by atoms with Crippen molar-refractivity contribution in [3.8, 4) is 27.6 Å². The molecule has 8 heteroatoms. The number of fused-ring (bicyclic) bond motifs is 4. The molecule has 0 radical (unpaired) electrons. The highest BCUT2D eigenvalue weighted by molar-refractivity contribution is 7.16. The third-order valence-electron chi connectivity index (χ3n) is 8.77. The molecule has 1 aliphatic heterocycles. The number of thiophene rings is 1. The van der Waals surface area contributed by atoms with Gasteiger partial charge in [-0.2, -0.15) is 14.0 Å². The van der Waals surface area contributed by atoms with E-state index in [-0.39, 0.29) is 11.0 Å². The van der Waals surface area contributed by atoms with Crippen LogP contribution in [0.4, 0.5) is 11.4 Å². The van der Waals surface area contributed by atoms with E-state index in [0.29, 0.717) is 16.8 Å². The summed E-state index contributed by atoms with van der Waals surface area (Å²) in [5.74, 6) is -0.713. The van der Waals surface area contributed by atoms with E-state index >= 15 is 0 Å². The first-order valence-electron chi connectivity index (χ1n) is 14.5. The Balaban J connectivity index is 1.25. The van der Waals surface area contributed by atoms with E-state index in [0.717, 1.165) is 32.6 Å². The summed E-state index contributed by atoms with van der Waals surface area (Å²) in [6.45, 7) is 6.77. The molecule has 2 aliphatic rings. The highest BCUT2D eigenvalue weighted by Gasteiger charge is 2.42. The largest absolute Gasteiger partial charge is 0.477 e. The second-order valence-electron chi connectivity index (χ2n) is 12.3. The Labute approximate surface area is 258 Å². The maximum Gasteiger partial charge on any atom is 0.346 e. The van der Waals surface area contributed by atoms with Gasteiger partial charge in [-0.1, -0.05) is 57.5 Å². The number of benzene rings is 3. The molecule has 0 spiro atoms. The van der Waals surface area contributed by atoms with Crippen molar-refractivity contribution >= 4 is 57.5 Å². The minimum atomic E-state index is -1.23. The molecule has 214 valence electrons. The highest BCUT2D eigenvalue weighted by Crippen LogP contribution is 2.53. The van der Waals surface area contributed by atoms with Crippen LogP contribution in [0.1, 0.15) is 62.0 Å². The number of aliphatic carboxylic acids is 1. The van der Waals surface area contributed by atoms with Gasteiger partial charge in [0.2, 0.25) is 0 Å². The van der Waals surface area contributed by atoms with Crippen molar-refractivity contribution in [3.63, 3.8) is 0 Å². The van der Waals surface area contributed by atoms with Gasteiger partial charge in [-0.25, -0.2) is 4.79 Å². The van der Waals surface area contributed by atoms with Crippen molar-refractivity contribution in [1.82, 2.24) is 8.75 Å². The molecular formula is C35H30N4O2S2. The van der Waals surface area contributed by atoms with E-state index < -0.39 is 5.97 Å². The van der Waals surface area contributed by atoms with Crippen LogP contribution < -0.4 is 4.90 Å². The zero-order valence-electron chi connectivity index (χ0n) is 24.2. The number of carbonyl (C=O) groups is 1. The summed E-state index contributed by atoms with van der Waals surface area (Å²) in [5, 5.41) is 18.4. The number of nitriles is 1. The van der Waals surface area contributed by atoms with Crippen LogP contribution in [0.2, 0.25) is 0 Å². The number of anilines is 2. The van der Waals surface area contributed by atoms with E-state index in [2.05, 4.69) is 84.6 Å². The zero-order valence-corrected chi connectivity index (χ0v) is 25.8. The molecule has 0 saturated heterocycles. The fourth-order valence-electron chi connectivity index (χ4n) is 6.64. The number of aromatic nitrogens is 2. The second-order valence-corrected chi connectivity index (χ2v) is 14.0. The van der Waals surface area contributed by atoms with Crippen LogP contribution in [0.25, 0.3) is 38.7 Å². The van der Waals surface area contributed by atoms with Crippen LogP contribution >= 0.6 is 23.1 Å². The third kappa shape index (κ3) is 4.73. The molecule has 2 aromatic heterocycles. The number of nitrogens with zero attached hydrogens (tertiary/aromatic N) is 4. The van der Waals surface area contributed by atoms with Crippen LogP contribution in [0.15, 0.2) is 72.3 Å². The smallest absolute Gasteiger partial charge is 0.346 e. The van der Waals surface area contributed by atoms with Crippen molar-refractivity contribution in [2.45, 2.75) is 57.4 Å². The monoisotopic (exact) mass is 602 g/mol. The molecule has 5 aromatic rings. The van der Waals surface area contributed by atoms with E-state index in [1.165, 1.54) is 70.9 Å². The lowest BCUT2D eigenvalue weighted by atomic mass is 9.87. The Hall–Kier alpha value is -4.32. The van der Waals surface area contributed by atoms with Crippen LogP contribution in [0.5, 0.6) is 0 Å². The van der Waals surface area contributed by atoms with Gasteiger partial charge < -0.3 is 10.0 Å². The normalized spacial score (nSPS) is 18.1. The lowest BCUT2D eigenvalue weighted by Crippen LogP contribution is -2.26. The quantitative estimate of drug-likeness (QED) is 0.159. The number of carboxylic acids is 1. The van der Waals surface area contributed by atoms with Gasteiger partial charge in [0.05, 0.1) is 11.7 Å². The highest BCUT2D eigenvalue weighted by atomic mass is 32.1.